The lowest BCUT2D eigenvalue weighted by Gasteiger charge is -2.26. The van der Waals surface area contributed by atoms with Crippen molar-refractivity contribution >= 4 is 28.2 Å². The number of ether oxygens (including phenoxy) is 2. The van der Waals surface area contributed by atoms with E-state index in [4.69, 9.17) is 9.47 Å². The van der Waals surface area contributed by atoms with Crippen molar-refractivity contribution < 1.29 is 18.7 Å². The van der Waals surface area contributed by atoms with Crippen molar-refractivity contribution in [2.24, 2.45) is 7.05 Å². The van der Waals surface area contributed by atoms with Crippen molar-refractivity contribution in [3.8, 4) is 17.1 Å². The summed E-state index contributed by atoms with van der Waals surface area (Å²) in [5, 5.41) is 8.29. The van der Waals surface area contributed by atoms with Crippen molar-refractivity contribution in [2.75, 3.05) is 37.5 Å². The highest BCUT2D eigenvalue weighted by Crippen LogP contribution is 2.35. The number of fused-ring (bicyclic) bond motifs is 1. The predicted octanol–water partition coefficient (Wildman–Crippen LogP) is 4.05. The molecular formula is C26H27FN6O3. The number of amides is 1. The normalized spacial score (nSPS) is 15.3. The van der Waals surface area contributed by atoms with Gasteiger partial charge in [-0.3, -0.25) is 9.48 Å². The minimum Gasteiger partial charge on any atom is -0.496 e. The molecule has 1 N–H and O–H groups in total. The molecule has 0 saturated carbocycles. The standard InChI is InChI=1S/C26H27FN6O3/c1-32(15-16-6-5-13-36-16)24-17-14-29-33(2)21(17)10-9-19(24)31-26(34)20-11-12-28-25(30-20)23-18(27)7-4-8-22(23)35-3/h4,7-12,14,16H,5-6,13,15H2,1-3H3,(H,31,34). The number of rotatable bonds is 7. The molecule has 36 heavy (non-hydrogen) atoms. The molecule has 1 unspecified atom stereocenters. The van der Waals surface area contributed by atoms with Crippen LogP contribution in [0.3, 0.4) is 0 Å². The summed E-state index contributed by atoms with van der Waals surface area (Å²) >= 11 is 0. The summed E-state index contributed by atoms with van der Waals surface area (Å²) in [6.45, 7) is 1.45. The number of hydrogen-bond donors (Lipinski definition) is 1. The van der Waals surface area contributed by atoms with E-state index < -0.39 is 11.7 Å². The lowest BCUT2D eigenvalue weighted by atomic mass is 10.1. The van der Waals surface area contributed by atoms with E-state index in [-0.39, 0.29) is 28.9 Å². The van der Waals surface area contributed by atoms with Crippen LogP contribution in [0.4, 0.5) is 15.8 Å². The number of nitrogens with zero attached hydrogens (tertiary/aromatic N) is 5. The van der Waals surface area contributed by atoms with E-state index in [1.807, 2.05) is 26.2 Å². The molecule has 0 aliphatic carbocycles. The van der Waals surface area contributed by atoms with Crippen LogP contribution in [-0.4, -0.2) is 59.1 Å². The number of aryl methyl sites for hydroxylation is 1. The van der Waals surface area contributed by atoms with Crippen molar-refractivity contribution in [2.45, 2.75) is 18.9 Å². The van der Waals surface area contributed by atoms with E-state index in [1.54, 1.807) is 16.9 Å². The number of nitrogens with one attached hydrogen (secondary N) is 1. The molecule has 2 aromatic heterocycles. The Morgan fingerprint density at radius 2 is 2.17 bits per heavy atom. The van der Waals surface area contributed by atoms with Gasteiger partial charge in [0.1, 0.15) is 17.3 Å². The van der Waals surface area contributed by atoms with Crippen LogP contribution in [0.25, 0.3) is 22.3 Å². The largest absolute Gasteiger partial charge is 0.496 e. The number of benzene rings is 2. The van der Waals surface area contributed by atoms with Crippen LogP contribution >= 0.6 is 0 Å². The number of carbonyl (C=O) groups is 1. The van der Waals surface area contributed by atoms with Gasteiger partial charge in [0.15, 0.2) is 5.82 Å². The second-order valence-electron chi connectivity index (χ2n) is 8.71. The molecule has 0 radical (unpaired) electrons. The predicted molar refractivity (Wildman–Crippen MR) is 135 cm³/mol. The van der Waals surface area contributed by atoms with Crippen molar-refractivity contribution in [3.63, 3.8) is 0 Å². The minimum absolute atomic E-state index is 0.0658. The van der Waals surface area contributed by atoms with E-state index >= 15 is 0 Å². The van der Waals surface area contributed by atoms with Gasteiger partial charge >= 0.3 is 0 Å². The number of aromatic nitrogens is 4. The van der Waals surface area contributed by atoms with Crippen LogP contribution in [-0.2, 0) is 11.8 Å². The molecule has 1 amide bonds. The van der Waals surface area contributed by atoms with Gasteiger partial charge in [0, 0.05) is 38.8 Å². The lowest BCUT2D eigenvalue weighted by molar-refractivity contribution is 0.102. The highest BCUT2D eigenvalue weighted by atomic mass is 19.1. The maximum atomic E-state index is 14.6. The van der Waals surface area contributed by atoms with Crippen LogP contribution in [0.5, 0.6) is 5.75 Å². The van der Waals surface area contributed by atoms with Crippen molar-refractivity contribution in [1.29, 1.82) is 0 Å². The van der Waals surface area contributed by atoms with Gasteiger partial charge in [0.05, 0.1) is 41.9 Å². The summed E-state index contributed by atoms with van der Waals surface area (Å²) in [5.74, 6) is -0.625. The molecule has 3 heterocycles. The minimum atomic E-state index is -0.535. The van der Waals surface area contributed by atoms with Gasteiger partial charge in [-0.05, 0) is 43.2 Å². The first kappa shape index (κ1) is 23.7. The van der Waals surface area contributed by atoms with Crippen LogP contribution in [0.1, 0.15) is 23.3 Å². The fraction of sp³-hybridized carbons (Fsp3) is 0.308. The smallest absolute Gasteiger partial charge is 0.274 e. The first-order valence-corrected chi connectivity index (χ1v) is 11.7. The van der Waals surface area contributed by atoms with E-state index in [9.17, 15) is 9.18 Å². The lowest BCUT2D eigenvalue weighted by Crippen LogP contribution is -2.29. The van der Waals surface area contributed by atoms with Crippen molar-refractivity contribution in [3.05, 3.63) is 60.3 Å². The van der Waals surface area contributed by atoms with Crippen LogP contribution in [0.15, 0.2) is 48.8 Å². The van der Waals surface area contributed by atoms with Gasteiger partial charge < -0.3 is 19.7 Å². The van der Waals surface area contributed by atoms with Crippen LogP contribution < -0.4 is 15.0 Å². The van der Waals surface area contributed by atoms with Gasteiger partial charge in [0.2, 0.25) is 0 Å². The molecule has 9 nitrogen and oxygen atoms in total. The van der Waals surface area contributed by atoms with Crippen LogP contribution in [0.2, 0.25) is 0 Å². The average Bonchev–Trinajstić information content (AvgIpc) is 3.53. The Morgan fingerprint density at radius 1 is 1.31 bits per heavy atom. The molecule has 1 fully saturated rings. The zero-order valence-corrected chi connectivity index (χ0v) is 20.4. The van der Waals surface area contributed by atoms with Gasteiger partial charge in [0.25, 0.3) is 5.91 Å². The summed E-state index contributed by atoms with van der Waals surface area (Å²) in [5.41, 5.74) is 2.60. The Morgan fingerprint density at radius 3 is 2.94 bits per heavy atom. The molecule has 1 aliphatic rings. The summed E-state index contributed by atoms with van der Waals surface area (Å²) < 4.78 is 27.5. The zero-order valence-electron chi connectivity index (χ0n) is 20.4. The molecule has 0 bridgehead atoms. The number of carbonyl (C=O) groups excluding carboxylic acids is 1. The van der Waals surface area contributed by atoms with E-state index in [0.29, 0.717) is 12.2 Å². The third-order valence-electron chi connectivity index (χ3n) is 6.34. The second-order valence-corrected chi connectivity index (χ2v) is 8.71. The third kappa shape index (κ3) is 4.47. The van der Waals surface area contributed by atoms with Gasteiger partial charge in [-0.2, -0.15) is 5.10 Å². The number of anilines is 2. The average molecular weight is 491 g/mol. The number of halogens is 1. The van der Waals surface area contributed by atoms with Gasteiger partial charge in [-0.1, -0.05) is 6.07 Å². The maximum absolute atomic E-state index is 14.6. The monoisotopic (exact) mass is 490 g/mol. The maximum Gasteiger partial charge on any atom is 0.274 e. The SMILES string of the molecule is COc1cccc(F)c1-c1nccc(C(=O)Nc2ccc3c(cnn3C)c2N(C)CC2CCCO2)n1. The molecule has 5 rings (SSSR count). The third-order valence-corrected chi connectivity index (χ3v) is 6.34. The first-order valence-electron chi connectivity index (χ1n) is 11.7. The van der Waals surface area contributed by atoms with Gasteiger partial charge in [-0.15, -0.1) is 0 Å². The Kier molecular flexibility index (Phi) is 6.51. The van der Waals surface area contributed by atoms with E-state index in [0.717, 1.165) is 36.0 Å². The molecule has 1 saturated heterocycles. The van der Waals surface area contributed by atoms with Crippen LogP contribution in [0, 0.1) is 5.82 Å². The Labute approximate surface area is 207 Å². The highest BCUT2D eigenvalue weighted by Gasteiger charge is 2.23. The number of hydrogen-bond acceptors (Lipinski definition) is 7. The fourth-order valence-electron chi connectivity index (χ4n) is 4.59. The fourth-order valence-corrected chi connectivity index (χ4v) is 4.59. The molecule has 1 atom stereocenters. The summed E-state index contributed by atoms with van der Waals surface area (Å²) in [7, 11) is 5.30. The zero-order chi connectivity index (χ0) is 25.2. The van der Waals surface area contributed by atoms with E-state index in [1.165, 1.54) is 31.5 Å². The van der Waals surface area contributed by atoms with E-state index in [2.05, 4.69) is 25.3 Å². The summed E-state index contributed by atoms with van der Waals surface area (Å²) in [6.07, 6.45) is 5.39. The summed E-state index contributed by atoms with van der Waals surface area (Å²) in [6, 6.07) is 9.71. The Bertz CT molecular complexity index is 1420. The number of methoxy groups -OCH3 is 1. The quantitative estimate of drug-likeness (QED) is 0.418. The molecule has 2 aromatic carbocycles. The topological polar surface area (TPSA) is 94.4 Å². The Hall–Kier alpha value is -4.05. The number of likely N-dealkylation sites (N-methyl/N-ethyl adjacent to an activating group) is 1. The summed E-state index contributed by atoms with van der Waals surface area (Å²) in [4.78, 5) is 23.9. The highest BCUT2D eigenvalue weighted by molar-refractivity contribution is 6.09. The second kappa shape index (κ2) is 9.90. The molecular weight excluding hydrogens is 463 g/mol. The van der Waals surface area contributed by atoms with Crippen molar-refractivity contribution in [1.82, 2.24) is 19.7 Å². The molecule has 186 valence electrons. The molecule has 10 heteroatoms. The molecule has 1 aliphatic heterocycles. The Balaban J connectivity index is 1.48. The van der Waals surface area contributed by atoms with Gasteiger partial charge in [-0.25, -0.2) is 14.4 Å². The molecule has 0 spiro atoms. The first-order chi connectivity index (χ1) is 17.5. The molecule has 4 aromatic rings.